The highest BCUT2D eigenvalue weighted by Gasteiger charge is 1.72. The average molecular weight is 198 g/mol. The highest BCUT2D eigenvalue weighted by atomic mass is 127. The number of aliphatic hydroxyl groups is 1. The molecule has 0 aliphatic rings. The van der Waals surface area contributed by atoms with E-state index < -0.39 is 0 Å². The molecule has 1 N–H and O–H groups in total. The normalized spacial score (nSPS) is 12.0. The molecule has 0 heterocycles. The SMILES string of the molecule is CCC=C(O)I. The molecular formula is C4H7IO. The first-order valence-electron chi connectivity index (χ1n) is 1.82. The molecular weight excluding hydrogens is 191 g/mol. The Labute approximate surface area is 51.2 Å². The van der Waals surface area contributed by atoms with Crippen molar-refractivity contribution >= 4 is 22.6 Å². The zero-order valence-electron chi connectivity index (χ0n) is 3.61. The van der Waals surface area contributed by atoms with Gasteiger partial charge in [0.2, 0.25) is 0 Å². The van der Waals surface area contributed by atoms with E-state index in [9.17, 15) is 0 Å². The predicted molar refractivity (Wildman–Crippen MR) is 35.0 cm³/mol. The standard InChI is InChI=1S/C4H7IO/c1-2-3-4(5)6/h3,6H,2H2,1H3. The van der Waals surface area contributed by atoms with Crippen molar-refractivity contribution in [1.82, 2.24) is 0 Å². The van der Waals surface area contributed by atoms with E-state index in [1.165, 1.54) is 0 Å². The lowest BCUT2D eigenvalue weighted by Crippen LogP contribution is -1.59. The van der Waals surface area contributed by atoms with Crippen LogP contribution in [0.3, 0.4) is 0 Å². The second-order valence-corrected chi connectivity index (χ2v) is 2.04. The Morgan fingerprint density at radius 3 is 2.50 bits per heavy atom. The monoisotopic (exact) mass is 198 g/mol. The Balaban J connectivity index is 3.14. The molecule has 0 aliphatic heterocycles. The molecule has 0 saturated heterocycles. The minimum atomic E-state index is 0.384. The maximum Gasteiger partial charge on any atom is 0.149 e. The van der Waals surface area contributed by atoms with E-state index in [4.69, 9.17) is 5.11 Å². The molecule has 0 fully saturated rings. The van der Waals surface area contributed by atoms with Crippen molar-refractivity contribution in [2.75, 3.05) is 0 Å². The fourth-order valence-electron chi connectivity index (χ4n) is 0.168. The van der Waals surface area contributed by atoms with Crippen molar-refractivity contribution in [2.45, 2.75) is 13.3 Å². The maximum absolute atomic E-state index is 8.40. The van der Waals surface area contributed by atoms with E-state index in [-0.39, 0.29) is 0 Å². The molecule has 0 atom stereocenters. The second-order valence-electron chi connectivity index (χ2n) is 0.935. The van der Waals surface area contributed by atoms with Gasteiger partial charge < -0.3 is 5.11 Å². The molecule has 0 unspecified atom stereocenters. The predicted octanol–water partition coefficient (Wildman–Crippen LogP) is 2.23. The van der Waals surface area contributed by atoms with Crippen LogP contribution in [0.5, 0.6) is 0 Å². The fraction of sp³-hybridized carbons (Fsp3) is 0.500. The molecule has 36 valence electrons. The van der Waals surface area contributed by atoms with Crippen LogP contribution < -0.4 is 0 Å². The zero-order valence-corrected chi connectivity index (χ0v) is 5.77. The van der Waals surface area contributed by atoms with Crippen molar-refractivity contribution in [1.29, 1.82) is 0 Å². The van der Waals surface area contributed by atoms with E-state index >= 15 is 0 Å². The molecule has 0 aromatic heterocycles. The first kappa shape index (κ1) is 6.27. The highest BCUT2D eigenvalue weighted by molar-refractivity contribution is 14.1. The zero-order chi connectivity index (χ0) is 4.99. The number of allylic oxidation sites excluding steroid dienone is 1. The topological polar surface area (TPSA) is 20.2 Å². The average Bonchev–Trinajstić information content (AvgIpc) is 1.35. The van der Waals surface area contributed by atoms with E-state index in [0.717, 1.165) is 6.42 Å². The lowest BCUT2D eigenvalue weighted by molar-refractivity contribution is 0.463. The summed E-state index contributed by atoms with van der Waals surface area (Å²) in [6.07, 6.45) is 2.66. The van der Waals surface area contributed by atoms with Gasteiger partial charge in [0.15, 0.2) is 0 Å². The summed E-state index contributed by atoms with van der Waals surface area (Å²) >= 11 is 1.86. The van der Waals surface area contributed by atoms with Crippen LogP contribution in [0.1, 0.15) is 13.3 Å². The Morgan fingerprint density at radius 2 is 2.50 bits per heavy atom. The van der Waals surface area contributed by atoms with Crippen molar-refractivity contribution in [3.05, 3.63) is 9.84 Å². The van der Waals surface area contributed by atoms with Gasteiger partial charge in [-0.3, -0.25) is 0 Å². The number of aliphatic hydroxyl groups excluding tert-OH is 1. The number of hydrogen-bond acceptors (Lipinski definition) is 1. The van der Waals surface area contributed by atoms with Crippen LogP contribution in [0.15, 0.2) is 9.84 Å². The van der Waals surface area contributed by atoms with Crippen molar-refractivity contribution in [3.63, 3.8) is 0 Å². The van der Waals surface area contributed by atoms with E-state index in [0.29, 0.717) is 3.77 Å². The summed E-state index contributed by atoms with van der Waals surface area (Å²) < 4.78 is 0.384. The van der Waals surface area contributed by atoms with Crippen LogP contribution in [-0.4, -0.2) is 5.11 Å². The van der Waals surface area contributed by atoms with Gasteiger partial charge in [0, 0.05) is 0 Å². The van der Waals surface area contributed by atoms with Gasteiger partial charge in [0.25, 0.3) is 0 Å². The van der Waals surface area contributed by atoms with E-state index in [1.807, 2.05) is 29.5 Å². The Hall–Kier alpha value is 0.270. The Bertz CT molecular complexity index is 54.6. The second kappa shape index (κ2) is 3.46. The number of halogens is 1. The Kier molecular flexibility index (Phi) is 3.62. The third-order valence-electron chi connectivity index (χ3n) is 0.373. The van der Waals surface area contributed by atoms with Crippen molar-refractivity contribution in [2.24, 2.45) is 0 Å². The summed E-state index contributed by atoms with van der Waals surface area (Å²) in [6, 6.07) is 0. The third-order valence-corrected chi connectivity index (χ3v) is 0.813. The molecule has 0 rings (SSSR count). The molecule has 2 heteroatoms. The number of hydrogen-bond donors (Lipinski definition) is 1. The molecule has 1 nitrogen and oxygen atoms in total. The third kappa shape index (κ3) is 4.27. The lowest BCUT2D eigenvalue weighted by atomic mass is 10.5. The molecule has 6 heavy (non-hydrogen) atoms. The molecule has 0 saturated carbocycles. The van der Waals surface area contributed by atoms with Crippen LogP contribution >= 0.6 is 22.6 Å². The molecule has 0 aliphatic carbocycles. The van der Waals surface area contributed by atoms with E-state index in [1.54, 1.807) is 6.08 Å². The molecule has 0 aromatic carbocycles. The fourth-order valence-corrected chi connectivity index (χ4v) is 0.609. The minimum absolute atomic E-state index is 0.384. The molecule has 0 amide bonds. The molecule has 0 aromatic rings. The van der Waals surface area contributed by atoms with Crippen LogP contribution in [0.4, 0.5) is 0 Å². The van der Waals surface area contributed by atoms with Gasteiger partial charge in [-0.05, 0) is 35.1 Å². The summed E-state index contributed by atoms with van der Waals surface area (Å²) in [4.78, 5) is 0. The summed E-state index contributed by atoms with van der Waals surface area (Å²) in [6.45, 7) is 1.98. The highest BCUT2D eigenvalue weighted by Crippen LogP contribution is 1.98. The van der Waals surface area contributed by atoms with Gasteiger partial charge in [-0.15, -0.1) is 0 Å². The first-order chi connectivity index (χ1) is 2.77. The maximum atomic E-state index is 8.40. The lowest BCUT2D eigenvalue weighted by Gasteiger charge is -1.77. The van der Waals surface area contributed by atoms with Gasteiger partial charge in [0.05, 0.1) is 0 Å². The summed E-state index contributed by atoms with van der Waals surface area (Å²) in [7, 11) is 0. The molecule has 0 spiro atoms. The van der Waals surface area contributed by atoms with Gasteiger partial charge in [-0.25, -0.2) is 0 Å². The summed E-state index contributed by atoms with van der Waals surface area (Å²) in [5.74, 6) is 0. The van der Waals surface area contributed by atoms with Crippen LogP contribution in [0.25, 0.3) is 0 Å². The van der Waals surface area contributed by atoms with Gasteiger partial charge in [-0.2, -0.15) is 0 Å². The minimum Gasteiger partial charge on any atom is -0.503 e. The quantitative estimate of drug-likeness (QED) is 0.505. The van der Waals surface area contributed by atoms with Gasteiger partial charge >= 0.3 is 0 Å². The molecule has 0 bridgehead atoms. The largest absolute Gasteiger partial charge is 0.503 e. The van der Waals surface area contributed by atoms with Crippen molar-refractivity contribution < 1.29 is 5.11 Å². The summed E-state index contributed by atoms with van der Waals surface area (Å²) in [5, 5.41) is 8.40. The van der Waals surface area contributed by atoms with Gasteiger partial charge in [-0.1, -0.05) is 6.92 Å². The van der Waals surface area contributed by atoms with Crippen molar-refractivity contribution in [3.8, 4) is 0 Å². The van der Waals surface area contributed by atoms with Gasteiger partial charge in [0.1, 0.15) is 3.77 Å². The first-order valence-corrected chi connectivity index (χ1v) is 2.90. The van der Waals surface area contributed by atoms with Crippen LogP contribution in [0.2, 0.25) is 0 Å². The Morgan fingerprint density at radius 1 is 2.00 bits per heavy atom. The summed E-state index contributed by atoms with van der Waals surface area (Å²) in [5.41, 5.74) is 0. The van der Waals surface area contributed by atoms with E-state index in [2.05, 4.69) is 0 Å². The van der Waals surface area contributed by atoms with Crippen LogP contribution in [-0.2, 0) is 0 Å². The smallest absolute Gasteiger partial charge is 0.149 e. The van der Waals surface area contributed by atoms with Crippen LogP contribution in [0, 0.1) is 0 Å². The molecule has 0 radical (unpaired) electrons. The number of rotatable bonds is 1.